The van der Waals surface area contributed by atoms with Crippen molar-refractivity contribution in [2.75, 3.05) is 18.1 Å². The maximum Gasteiger partial charge on any atom is 0.339 e. The standard InChI is InChI=1S/C13H17ClN2O3/c14-11-6-5-10(13(18)19)12(15-11)16-7-1-3-9(16)4-2-8-17/h5-6,9,17H,1-4,7-8H2,(H,18,19). The molecule has 1 unspecified atom stereocenters. The molecule has 1 aliphatic rings. The lowest BCUT2D eigenvalue weighted by molar-refractivity contribution is 0.0697. The van der Waals surface area contributed by atoms with Gasteiger partial charge < -0.3 is 15.1 Å². The van der Waals surface area contributed by atoms with Gasteiger partial charge in [0.2, 0.25) is 0 Å². The molecular formula is C13H17ClN2O3. The molecule has 104 valence electrons. The third-order valence-electron chi connectivity index (χ3n) is 3.42. The van der Waals surface area contributed by atoms with Crippen molar-refractivity contribution in [3.8, 4) is 0 Å². The normalized spacial score (nSPS) is 18.8. The molecular weight excluding hydrogens is 268 g/mol. The first-order chi connectivity index (χ1) is 9.13. The molecule has 19 heavy (non-hydrogen) atoms. The second kappa shape index (κ2) is 6.21. The Morgan fingerprint density at radius 3 is 3.00 bits per heavy atom. The zero-order valence-electron chi connectivity index (χ0n) is 10.5. The van der Waals surface area contributed by atoms with E-state index in [1.807, 2.05) is 4.90 Å². The number of carboxylic acids is 1. The van der Waals surface area contributed by atoms with Crippen LogP contribution >= 0.6 is 11.6 Å². The van der Waals surface area contributed by atoms with Crippen LogP contribution in [0.4, 0.5) is 5.82 Å². The van der Waals surface area contributed by atoms with E-state index in [0.717, 1.165) is 25.8 Å². The summed E-state index contributed by atoms with van der Waals surface area (Å²) in [6.45, 7) is 0.933. The molecule has 2 N–H and O–H groups in total. The maximum atomic E-state index is 11.3. The lowest BCUT2D eigenvalue weighted by Gasteiger charge is -2.26. The highest BCUT2D eigenvalue weighted by Gasteiger charge is 2.28. The number of carboxylic acid groups (broad SMARTS) is 1. The van der Waals surface area contributed by atoms with Crippen molar-refractivity contribution in [3.05, 3.63) is 22.8 Å². The number of aromatic nitrogens is 1. The second-order valence-corrected chi connectivity index (χ2v) is 5.05. The lowest BCUT2D eigenvalue weighted by atomic mass is 10.1. The summed E-state index contributed by atoms with van der Waals surface area (Å²) in [5.74, 6) is -0.549. The van der Waals surface area contributed by atoms with E-state index in [9.17, 15) is 9.90 Å². The number of aromatic carboxylic acids is 1. The fourth-order valence-corrected chi connectivity index (χ4v) is 2.70. The van der Waals surface area contributed by atoms with E-state index < -0.39 is 5.97 Å². The van der Waals surface area contributed by atoms with Gasteiger partial charge in [-0.05, 0) is 37.8 Å². The van der Waals surface area contributed by atoms with E-state index in [2.05, 4.69) is 4.98 Å². The molecule has 2 heterocycles. The summed E-state index contributed by atoms with van der Waals surface area (Å²) >= 11 is 5.88. The van der Waals surface area contributed by atoms with Gasteiger partial charge in [0, 0.05) is 19.2 Å². The summed E-state index contributed by atoms with van der Waals surface area (Å²) in [6.07, 6.45) is 3.55. The Bertz CT molecular complexity index is 467. The third kappa shape index (κ3) is 3.16. The zero-order valence-corrected chi connectivity index (χ0v) is 11.3. The molecule has 0 radical (unpaired) electrons. The van der Waals surface area contributed by atoms with Crippen molar-refractivity contribution < 1.29 is 15.0 Å². The predicted octanol–water partition coefficient (Wildman–Crippen LogP) is 2.17. The van der Waals surface area contributed by atoms with E-state index >= 15 is 0 Å². The SMILES string of the molecule is O=C(O)c1ccc(Cl)nc1N1CCCC1CCCO. The molecule has 2 rings (SSSR count). The van der Waals surface area contributed by atoms with Crippen molar-refractivity contribution in [1.82, 2.24) is 4.98 Å². The van der Waals surface area contributed by atoms with Gasteiger partial charge in [0.05, 0.1) is 0 Å². The second-order valence-electron chi connectivity index (χ2n) is 4.67. The van der Waals surface area contributed by atoms with Gasteiger partial charge in [0.15, 0.2) is 0 Å². The molecule has 1 aromatic heterocycles. The molecule has 1 aliphatic heterocycles. The number of aliphatic hydroxyl groups excluding tert-OH is 1. The number of carbonyl (C=O) groups is 1. The van der Waals surface area contributed by atoms with E-state index in [-0.39, 0.29) is 18.2 Å². The summed E-state index contributed by atoms with van der Waals surface area (Å²) < 4.78 is 0. The van der Waals surface area contributed by atoms with Gasteiger partial charge in [-0.25, -0.2) is 9.78 Å². The first-order valence-electron chi connectivity index (χ1n) is 6.41. The van der Waals surface area contributed by atoms with E-state index in [1.54, 1.807) is 0 Å². The van der Waals surface area contributed by atoms with Crippen molar-refractivity contribution in [2.24, 2.45) is 0 Å². The fraction of sp³-hybridized carbons (Fsp3) is 0.538. The molecule has 0 aliphatic carbocycles. The third-order valence-corrected chi connectivity index (χ3v) is 3.63. The fourth-order valence-electron chi connectivity index (χ4n) is 2.55. The van der Waals surface area contributed by atoms with E-state index in [1.165, 1.54) is 12.1 Å². The molecule has 1 saturated heterocycles. The molecule has 6 heteroatoms. The number of anilines is 1. The van der Waals surface area contributed by atoms with E-state index in [0.29, 0.717) is 17.4 Å². The first kappa shape index (κ1) is 14.1. The molecule has 1 atom stereocenters. The Morgan fingerprint density at radius 1 is 1.53 bits per heavy atom. The van der Waals surface area contributed by atoms with Crippen LogP contribution < -0.4 is 4.90 Å². The molecule has 0 bridgehead atoms. The van der Waals surface area contributed by atoms with Gasteiger partial charge in [0.1, 0.15) is 16.5 Å². The quantitative estimate of drug-likeness (QED) is 0.811. The minimum atomic E-state index is -0.994. The van der Waals surface area contributed by atoms with Crippen molar-refractivity contribution in [3.63, 3.8) is 0 Å². The van der Waals surface area contributed by atoms with Crippen LogP contribution in [0.1, 0.15) is 36.0 Å². The minimum absolute atomic E-state index is 0.152. The van der Waals surface area contributed by atoms with Crippen LogP contribution in [-0.2, 0) is 0 Å². The van der Waals surface area contributed by atoms with Crippen molar-refractivity contribution in [1.29, 1.82) is 0 Å². The molecule has 0 aromatic carbocycles. The van der Waals surface area contributed by atoms with Crippen LogP contribution in [0.2, 0.25) is 5.15 Å². The van der Waals surface area contributed by atoms with Crippen LogP contribution in [-0.4, -0.2) is 40.4 Å². The average Bonchev–Trinajstić information content (AvgIpc) is 2.83. The number of nitrogens with zero attached hydrogens (tertiary/aromatic N) is 2. The lowest BCUT2D eigenvalue weighted by Crippen LogP contribution is -2.31. The number of halogens is 1. The highest BCUT2D eigenvalue weighted by molar-refractivity contribution is 6.29. The van der Waals surface area contributed by atoms with Crippen LogP contribution in [0.25, 0.3) is 0 Å². The summed E-state index contributed by atoms with van der Waals surface area (Å²) in [7, 11) is 0. The van der Waals surface area contributed by atoms with Crippen LogP contribution in [0.3, 0.4) is 0 Å². The van der Waals surface area contributed by atoms with Gasteiger partial charge in [-0.1, -0.05) is 11.6 Å². The largest absolute Gasteiger partial charge is 0.478 e. The summed E-state index contributed by atoms with van der Waals surface area (Å²) in [4.78, 5) is 17.4. The Morgan fingerprint density at radius 2 is 2.32 bits per heavy atom. The number of hydrogen-bond acceptors (Lipinski definition) is 4. The number of hydrogen-bond donors (Lipinski definition) is 2. The zero-order chi connectivity index (χ0) is 13.8. The molecule has 1 aromatic rings. The molecule has 5 nitrogen and oxygen atoms in total. The van der Waals surface area contributed by atoms with Gasteiger partial charge in [0.25, 0.3) is 0 Å². The predicted molar refractivity (Wildman–Crippen MR) is 72.9 cm³/mol. The number of rotatable bonds is 5. The van der Waals surface area contributed by atoms with Crippen molar-refractivity contribution >= 4 is 23.4 Å². The van der Waals surface area contributed by atoms with Gasteiger partial charge in [-0.3, -0.25) is 0 Å². The average molecular weight is 285 g/mol. The first-order valence-corrected chi connectivity index (χ1v) is 6.78. The topological polar surface area (TPSA) is 73.7 Å². The molecule has 0 amide bonds. The van der Waals surface area contributed by atoms with E-state index in [4.69, 9.17) is 16.7 Å². The van der Waals surface area contributed by atoms with Gasteiger partial charge in [-0.15, -0.1) is 0 Å². The van der Waals surface area contributed by atoms with Gasteiger partial charge >= 0.3 is 5.97 Å². The monoisotopic (exact) mass is 284 g/mol. The van der Waals surface area contributed by atoms with Crippen LogP contribution in [0, 0.1) is 0 Å². The maximum absolute atomic E-state index is 11.3. The number of pyridine rings is 1. The Labute approximate surface area is 116 Å². The number of aliphatic hydroxyl groups is 1. The Kier molecular flexibility index (Phi) is 4.61. The Hall–Kier alpha value is -1.33. The van der Waals surface area contributed by atoms with Crippen molar-refractivity contribution in [2.45, 2.75) is 31.7 Å². The molecule has 1 fully saturated rings. The molecule has 0 saturated carbocycles. The summed E-state index contributed by atoms with van der Waals surface area (Å²) in [5.41, 5.74) is 0.181. The Balaban J connectivity index is 2.28. The van der Waals surface area contributed by atoms with Crippen LogP contribution in [0.5, 0.6) is 0 Å². The highest BCUT2D eigenvalue weighted by Crippen LogP contribution is 2.30. The van der Waals surface area contributed by atoms with Gasteiger partial charge in [-0.2, -0.15) is 0 Å². The molecule has 0 spiro atoms. The smallest absolute Gasteiger partial charge is 0.339 e. The van der Waals surface area contributed by atoms with Crippen LogP contribution in [0.15, 0.2) is 12.1 Å². The minimum Gasteiger partial charge on any atom is -0.478 e. The summed E-state index contributed by atoms with van der Waals surface area (Å²) in [5, 5.41) is 18.4. The summed E-state index contributed by atoms with van der Waals surface area (Å²) in [6, 6.07) is 3.22. The highest BCUT2D eigenvalue weighted by atomic mass is 35.5.